The number of hydrogen-bond donors (Lipinski definition) is 0. The van der Waals surface area contributed by atoms with Crippen LogP contribution in [-0.2, 0) is 6.42 Å². The van der Waals surface area contributed by atoms with E-state index in [1.807, 2.05) is 0 Å². The van der Waals surface area contributed by atoms with Gasteiger partial charge in [0, 0.05) is 0 Å². The van der Waals surface area contributed by atoms with Gasteiger partial charge in [0.05, 0.1) is 0 Å². The molecule has 4 aromatic rings. The second-order valence-corrected chi connectivity index (χ2v) is 7.65. The minimum Gasteiger partial charge on any atom is -0.0632 e. The molecule has 0 bridgehead atoms. The molecule has 0 amide bonds. The van der Waals surface area contributed by atoms with E-state index in [0.29, 0.717) is 5.92 Å². The molecule has 0 aliphatic heterocycles. The van der Waals surface area contributed by atoms with Crippen LogP contribution in [0.5, 0.6) is 0 Å². The lowest BCUT2D eigenvalue weighted by Crippen LogP contribution is -2.07. The number of hydrogen-bond acceptors (Lipinski definition) is 0. The fraction of sp³-hybridized carbons (Fsp3) is 0.200. The lowest BCUT2D eigenvalue weighted by molar-refractivity contribution is 0.744. The van der Waals surface area contributed by atoms with Gasteiger partial charge in [0.25, 0.3) is 0 Å². The van der Waals surface area contributed by atoms with Crippen molar-refractivity contribution in [2.24, 2.45) is 5.92 Å². The molecule has 0 spiro atoms. The zero-order chi connectivity index (χ0) is 17.1. The summed E-state index contributed by atoms with van der Waals surface area (Å²) in [7, 11) is 0. The van der Waals surface area contributed by atoms with Crippen LogP contribution in [0.15, 0.2) is 60.2 Å². The van der Waals surface area contributed by atoms with Crippen LogP contribution in [0.2, 0.25) is 0 Å². The predicted molar refractivity (Wildman–Crippen MR) is 110 cm³/mol. The molecule has 4 aromatic carbocycles. The number of benzene rings is 4. The quantitative estimate of drug-likeness (QED) is 0.294. The molecule has 122 valence electrons. The molecule has 5 rings (SSSR count). The fourth-order valence-electron chi connectivity index (χ4n) is 4.46. The van der Waals surface area contributed by atoms with Crippen LogP contribution in [0.25, 0.3) is 38.4 Å². The second kappa shape index (κ2) is 5.20. The van der Waals surface area contributed by atoms with Crippen molar-refractivity contribution in [3.63, 3.8) is 0 Å². The Balaban J connectivity index is 2.10. The highest BCUT2D eigenvalue weighted by Crippen LogP contribution is 2.35. The average Bonchev–Trinajstić information content (AvgIpc) is 2.82. The Kier molecular flexibility index (Phi) is 3.06. The van der Waals surface area contributed by atoms with Crippen LogP contribution in [0, 0.1) is 12.8 Å². The molecule has 1 aliphatic carbocycles. The SMILES string of the molecule is Cc1ccc2c3cccc4c3c(c3cccc1c32)=CC=C(C(C)C)C4. The van der Waals surface area contributed by atoms with Gasteiger partial charge in [-0.2, -0.15) is 0 Å². The average molecular weight is 322 g/mol. The summed E-state index contributed by atoms with van der Waals surface area (Å²) >= 11 is 0. The Hall–Kier alpha value is -2.60. The number of aryl methyl sites for hydroxylation is 1. The molecular weight excluding hydrogens is 300 g/mol. The van der Waals surface area contributed by atoms with Gasteiger partial charge in [-0.1, -0.05) is 80.1 Å². The smallest absolute Gasteiger partial charge is 0.00237 e. The molecule has 0 nitrogen and oxygen atoms in total. The van der Waals surface area contributed by atoms with Crippen molar-refractivity contribution in [3.8, 4) is 0 Å². The van der Waals surface area contributed by atoms with Crippen molar-refractivity contribution < 1.29 is 0 Å². The molecule has 0 unspecified atom stereocenters. The predicted octanol–water partition coefficient (Wildman–Crippen LogP) is 6.09. The van der Waals surface area contributed by atoms with Gasteiger partial charge >= 0.3 is 0 Å². The van der Waals surface area contributed by atoms with Crippen LogP contribution in [0.4, 0.5) is 0 Å². The lowest BCUT2D eigenvalue weighted by atomic mass is 9.88. The third-order valence-electron chi connectivity index (χ3n) is 5.86. The summed E-state index contributed by atoms with van der Waals surface area (Å²) in [5.74, 6) is 0.577. The van der Waals surface area contributed by atoms with Crippen LogP contribution in [0.1, 0.15) is 25.0 Å². The summed E-state index contributed by atoms with van der Waals surface area (Å²) < 4.78 is 0. The first-order chi connectivity index (χ1) is 12.1. The van der Waals surface area contributed by atoms with Crippen molar-refractivity contribution in [2.75, 3.05) is 0 Å². The van der Waals surface area contributed by atoms with E-state index in [9.17, 15) is 0 Å². The summed E-state index contributed by atoms with van der Waals surface area (Å²) in [6, 6.07) is 18.2. The Labute approximate surface area is 148 Å². The van der Waals surface area contributed by atoms with Crippen LogP contribution in [-0.4, -0.2) is 0 Å². The zero-order valence-electron chi connectivity index (χ0n) is 15.1. The molecule has 25 heavy (non-hydrogen) atoms. The Morgan fingerprint density at radius 2 is 1.44 bits per heavy atom. The van der Waals surface area contributed by atoms with E-state index in [1.54, 1.807) is 0 Å². The van der Waals surface area contributed by atoms with E-state index >= 15 is 0 Å². The first-order valence-corrected chi connectivity index (χ1v) is 9.21. The van der Waals surface area contributed by atoms with E-state index in [0.717, 1.165) is 6.42 Å². The number of fused-ring (bicyclic) bond motifs is 2. The van der Waals surface area contributed by atoms with E-state index in [-0.39, 0.29) is 0 Å². The van der Waals surface area contributed by atoms with Crippen molar-refractivity contribution >= 4 is 38.4 Å². The van der Waals surface area contributed by atoms with E-state index < -0.39 is 0 Å². The standard InChI is InChI=1S/C25H22/c1-15(2)17-11-13-22-21-9-5-7-19-16(3)10-12-23(25(19)21)20-8-4-6-18(14-17)24(20)22/h4-13,15H,14H2,1-3H3. The second-order valence-electron chi connectivity index (χ2n) is 7.65. The molecular formula is C25H22. The summed E-state index contributed by atoms with van der Waals surface area (Å²) in [5.41, 5.74) is 4.33. The Morgan fingerprint density at radius 3 is 2.28 bits per heavy atom. The minimum absolute atomic E-state index is 0.577. The first kappa shape index (κ1) is 14.7. The molecule has 0 atom stereocenters. The highest BCUT2D eigenvalue weighted by Gasteiger charge is 2.16. The molecule has 0 radical (unpaired) electrons. The molecule has 0 saturated heterocycles. The van der Waals surface area contributed by atoms with Gasteiger partial charge in [-0.25, -0.2) is 0 Å². The Morgan fingerprint density at radius 1 is 0.720 bits per heavy atom. The van der Waals surface area contributed by atoms with Gasteiger partial charge in [0.2, 0.25) is 0 Å². The van der Waals surface area contributed by atoms with Gasteiger partial charge in [0.15, 0.2) is 0 Å². The molecule has 0 N–H and O–H groups in total. The maximum absolute atomic E-state index is 2.37. The van der Waals surface area contributed by atoms with Gasteiger partial charge in [0.1, 0.15) is 0 Å². The van der Waals surface area contributed by atoms with Gasteiger partial charge in [-0.05, 0) is 67.9 Å². The van der Waals surface area contributed by atoms with Gasteiger partial charge in [-0.15, -0.1) is 0 Å². The van der Waals surface area contributed by atoms with E-state index in [1.165, 1.54) is 54.2 Å². The summed E-state index contributed by atoms with van der Waals surface area (Å²) in [6.07, 6.45) is 5.78. The maximum Gasteiger partial charge on any atom is -0.00237 e. The van der Waals surface area contributed by atoms with E-state index in [4.69, 9.17) is 0 Å². The lowest BCUT2D eigenvalue weighted by Gasteiger charge is -2.15. The molecule has 0 fully saturated rings. The van der Waals surface area contributed by atoms with Crippen molar-refractivity contribution in [1.29, 1.82) is 0 Å². The van der Waals surface area contributed by atoms with Crippen molar-refractivity contribution in [2.45, 2.75) is 27.2 Å². The molecule has 0 aromatic heterocycles. The number of rotatable bonds is 1. The topological polar surface area (TPSA) is 0 Å². The van der Waals surface area contributed by atoms with Crippen LogP contribution >= 0.6 is 0 Å². The molecule has 0 saturated carbocycles. The summed E-state index contributed by atoms with van der Waals surface area (Å²) in [4.78, 5) is 0. The fourth-order valence-corrected chi connectivity index (χ4v) is 4.46. The van der Waals surface area contributed by atoms with Crippen LogP contribution in [0.3, 0.4) is 0 Å². The summed E-state index contributed by atoms with van der Waals surface area (Å²) in [6.45, 7) is 6.81. The largest absolute Gasteiger partial charge is 0.0632 e. The number of allylic oxidation sites excluding steroid dienone is 2. The van der Waals surface area contributed by atoms with Gasteiger partial charge < -0.3 is 0 Å². The van der Waals surface area contributed by atoms with Gasteiger partial charge in [-0.3, -0.25) is 0 Å². The molecule has 0 heteroatoms. The summed E-state index contributed by atoms with van der Waals surface area (Å²) in [5, 5.41) is 9.80. The highest BCUT2D eigenvalue weighted by atomic mass is 14.2. The monoisotopic (exact) mass is 322 g/mol. The molecule has 1 aliphatic rings. The normalized spacial score (nSPS) is 14.2. The van der Waals surface area contributed by atoms with Crippen LogP contribution < -0.4 is 5.22 Å². The zero-order valence-corrected chi connectivity index (χ0v) is 15.1. The maximum atomic E-state index is 2.37. The first-order valence-electron chi connectivity index (χ1n) is 9.21. The highest BCUT2D eigenvalue weighted by molar-refractivity contribution is 6.22. The third-order valence-corrected chi connectivity index (χ3v) is 5.86. The van der Waals surface area contributed by atoms with Crippen molar-refractivity contribution in [1.82, 2.24) is 0 Å². The van der Waals surface area contributed by atoms with E-state index in [2.05, 4.69) is 81.5 Å². The molecule has 0 heterocycles. The Bertz CT molecular complexity index is 1240. The third kappa shape index (κ3) is 2.00. The minimum atomic E-state index is 0.577. The van der Waals surface area contributed by atoms with Crippen molar-refractivity contribution in [3.05, 3.63) is 76.5 Å².